The van der Waals surface area contributed by atoms with Crippen LogP contribution in [0.4, 0.5) is 0 Å². The van der Waals surface area contributed by atoms with Gasteiger partial charge in [-0.05, 0) is 50.9 Å². The number of hydrogen-bond donors (Lipinski definition) is 3. The van der Waals surface area contributed by atoms with Crippen LogP contribution in [0.2, 0.25) is 0 Å². The molecular formula is C39H69O9P. The molecule has 0 radical (unpaired) electrons. The topological polar surface area (TPSA) is 140 Å². The summed E-state index contributed by atoms with van der Waals surface area (Å²) in [5.74, 6) is -0.200. The molecule has 0 rings (SSSR count). The van der Waals surface area contributed by atoms with Crippen LogP contribution in [0.15, 0.2) is 48.6 Å². The number of unbranched alkanes of at least 4 members (excludes halogenated alkanes) is 13. The monoisotopic (exact) mass is 712 g/mol. The lowest BCUT2D eigenvalue weighted by atomic mass is 10.0. The predicted octanol–water partition coefficient (Wildman–Crippen LogP) is 10.0. The summed E-state index contributed by atoms with van der Waals surface area (Å²) in [6.45, 7) is 5.82. The zero-order valence-electron chi connectivity index (χ0n) is 30.9. The maximum Gasteiger partial charge on any atom is 0.469 e. The van der Waals surface area contributed by atoms with Crippen molar-refractivity contribution in [3.8, 4) is 0 Å². The summed E-state index contributed by atoms with van der Waals surface area (Å²) in [4.78, 5) is 42.7. The third-order valence-corrected chi connectivity index (χ3v) is 8.34. The molecule has 0 saturated carbocycles. The summed E-state index contributed by atoms with van der Waals surface area (Å²) < 4.78 is 26.2. The van der Waals surface area contributed by atoms with Crippen molar-refractivity contribution in [3.63, 3.8) is 0 Å². The number of allylic oxidation sites excluding steroid dienone is 6. The number of aliphatic hydroxyl groups is 1. The third-order valence-electron chi connectivity index (χ3n) is 7.86. The third kappa shape index (κ3) is 37.1. The van der Waals surface area contributed by atoms with E-state index in [1.807, 2.05) is 36.5 Å². The Bertz CT molecular complexity index is 968. The molecule has 49 heavy (non-hydrogen) atoms. The van der Waals surface area contributed by atoms with E-state index in [9.17, 15) is 19.3 Å². The Labute approximate surface area is 297 Å². The number of phosphoric ester groups is 1. The summed E-state index contributed by atoms with van der Waals surface area (Å²) in [6, 6.07) is 0. The van der Waals surface area contributed by atoms with Crippen LogP contribution in [0, 0.1) is 5.92 Å². The van der Waals surface area contributed by atoms with Crippen molar-refractivity contribution in [1.29, 1.82) is 0 Å². The first-order valence-corrected chi connectivity index (χ1v) is 20.4. The Morgan fingerprint density at radius 2 is 1.31 bits per heavy atom. The first-order chi connectivity index (χ1) is 23.5. The number of carbonyl (C=O) groups excluding carboxylic acids is 2. The normalized spacial score (nSPS) is 13.8. The molecule has 0 aromatic carbocycles. The summed E-state index contributed by atoms with van der Waals surface area (Å²) in [5.41, 5.74) is 0. The van der Waals surface area contributed by atoms with Crippen molar-refractivity contribution in [1.82, 2.24) is 0 Å². The number of hydrogen-bond acceptors (Lipinski definition) is 7. The standard InChI is InChI=1S/C39H69O9P/c1-4-5-6-7-19-24-29-36(40)30-25-20-15-12-13-17-22-27-32-39(42)48-37(34-47-49(43,44)45)33-46-38(41)31-26-21-16-11-9-8-10-14-18-23-28-35(2)3/h13,15,17,19-20,24-25,30,35-37,40H,4-12,14,16,18,21-23,26-29,31-34H2,1-3H3,(H2,43,44,45)/b17-13-,20-15-,24-19-,30-25+/t36-,37+/m0/s1. The van der Waals surface area contributed by atoms with Gasteiger partial charge in [0.2, 0.25) is 0 Å². The van der Waals surface area contributed by atoms with E-state index in [1.54, 1.807) is 6.08 Å². The summed E-state index contributed by atoms with van der Waals surface area (Å²) in [5, 5.41) is 9.98. The molecule has 0 amide bonds. The molecule has 0 aliphatic carbocycles. The first-order valence-electron chi connectivity index (χ1n) is 18.9. The second-order valence-corrected chi connectivity index (χ2v) is 14.5. The van der Waals surface area contributed by atoms with Gasteiger partial charge in [0, 0.05) is 12.8 Å². The van der Waals surface area contributed by atoms with Crippen molar-refractivity contribution in [2.45, 2.75) is 168 Å². The second kappa shape index (κ2) is 33.1. The van der Waals surface area contributed by atoms with Crippen LogP contribution < -0.4 is 0 Å². The first kappa shape index (κ1) is 47.0. The van der Waals surface area contributed by atoms with Gasteiger partial charge in [-0.2, -0.15) is 0 Å². The minimum absolute atomic E-state index is 0.104. The SMILES string of the molecule is CCCCC/C=C\C[C@H](O)/C=C/C=C\C/C=C\CCCC(=O)O[C@H](COC(=O)CCCCCCCCCCCCC(C)C)COP(=O)(O)O. The molecule has 0 aliphatic rings. The fourth-order valence-corrected chi connectivity index (χ4v) is 5.35. The van der Waals surface area contributed by atoms with Crippen molar-refractivity contribution < 1.29 is 43.0 Å². The molecule has 2 atom stereocenters. The van der Waals surface area contributed by atoms with Gasteiger partial charge in [0.1, 0.15) is 6.61 Å². The second-order valence-electron chi connectivity index (χ2n) is 13.2. The molecule has 9 nitrogen and oxygen atoms in total. The number of esters is 2. The number of aliphatic hydroxyl groups excluding tert-OH is 1. The fraction of sp³-hybridized carbons (Fsp3) is 0.744. The largest absolute Gasteiger partial charge is 0.469 e. The smallest absolute Gasteiger partial charge is 0.462 e. The summed E-state index contributed by atoms with van der Waals surface area (Å²) in [7, 11) is -4.78. The van der Waals surface area contributed by atoms with E-state index in [0.717, 1.165) is 31.6 Å². The Hall–Kier alpha value is -2.03. The molecule has 0 fully saturated rings. The number of rotatable bonds is 33. The number of phosphoric acid groups is 1. The van der Waals surface area contributed by atoms with Crippen LogP contribution in [0.5, 0.6) is 0 Å². The van der Waals surface area contributed by atoms with E-state index >= 15 is 0 Å². The molecular weight excluding hydrogens is 643 g/mol. The van der Waals surface area contributed by atoms with E-state index in [-0.39, 0.29) is 19.4 Å². The van der Waals surface area contributed by atoms with Crippen LogP contribution in [-0.4, -0.2) is 52.3 Å². The lowest BCUT2D eigenvalue weighted by Crippen LogP contribution is -2.29. The molecule has 10 heteroatoms. The van der Waals surface area contributed by atoms with Crippen molar-refractivity contribution in [3.05, 3.63) is 48.6 Å². The molecule has 0 spiro atoms. The van der Waals surface area contributed by atoms with E-state index in [2.05, 4.69) is 31.4 Å². The highest BCUT2D eigenvalue weighted by Gasteiger charge is 2.22. The Kier molecular flexibility index (Phi) is 31.8. The number of ether oxygens (including phenoxy) is 2. The fourth-order valence-electron chi connectivity index (χ4n) is 4.99. The van der Waals surface area contributed by atoms with Gasteiger partial charge in [0.25, 0.3) is 0 Å². The Balaban J connectivity index is 4.16. The van der Waals surface area contributed by atoms with Crippen LogP contribution >= 0.6 is 7.82 Å². The molecule has 0 aliphatic heterocycles. The van der Waals surface area contributed by atoms with Crippen LogP contribution in [0.3, 0.4) is 0 Å². The molecule has 0 unspecified atom stereocenters. The molecule has 0 aromatic rings. The zero-order chi connectivity index (χ0) is 36.4. The highest BCUT2D eigenvalue weighted by atomic mass is 31.2. The highest BCUT2D eigenvalue weighted by molar-refractivity contribution is 7.46. The molecule has 0 aromatic heterocycles. The zero-order valence-corrected chi connectivity index (χ0v) is 31.7. The lowest BCUT2D eigenvalue weighted by molar-refractivity contribution is -0.161. The van der Waals surface area contributed by atoms with E-state index in [1.165, 1.54) is 64.2 Å². The maximum atomic E-state index is 12.3. The van der Waals surface area contributed by atoms with E-state index in [0.29, 0.717) is 32.1 Å². The predicted molar refractivity (Wildman–Crippen MR) is 199 cm³/mol. The molecule has 284 valence electrons. The minimum atomic E-state index is -4.78. The van der Waals surface area contributed by atoms with Crippen LogP contribution in [0.25, 0.3) is 0 Å². The average Bonchev–Trinajstić information content (AvgIpc) is 3.04. The summed E-state index contributed by atoms with van der Waals surface area (Å²) in [6.07, 6.45) is 34.4. The van der Waals surface area contributed by atoms with Gasteiger partial charge >= 0.3 is 19.8 Å². The van der Waals surface area contributed by atoms with Gasteiger partial charge in [-0.15, -0.1) is 0 Å². The van der Waals surface area contributed by atoms with E-state index < -0.39 is 38.6 Å². The highest BCUT2D eigenvalue weighted by Crippen LogP contribution is 2.36. The van der Waals surface area contributed by atoms with Gasteiger partial charge in [-0.25, -0.2) is 4.57 Å². The quantitative estimate of drug-likeness (QED) is 0.0199. The Morgan fingerprint density at radius 1 is 0.694 bits per heavy atom. The van der Waals surface area contributed by atoms with Gasteiger partial charge < -0.3 is 24.4 Å². The molecule has 3 N–H and O–H groups in total. The molecule has 0 heterocycles. The van der Waals surface area contributed by atoms with Gasteiger partial charge in [-0.1, -0.05) is 146 Å². The average molecular weight is 713 g/mol. The van der Waals surface area contributed by atoms with Gasteiger partial charge in [0.15, 0.2) is 6.10 Å². The maximum absolute atomic E-state index is 12.3. The van der Waals surface area contributed by atoms with Gasteiger partial charge in [-0.3, -0.25) is 14.1 Å². The molecule has 0 saturated heterocycles. The minimum Gasteiger partial charge on any atom is -0.462 e. The summed E-state index contributed by atoms with van der Waals surface area (Å²) >= 11 is 0. The van der Waals surface area contributed by atoms with Crippen LogP contribution in [-0.2, 0) is 28.2 Å². The van der Waals surface area contributed by atoms with E-state index in [4.69, 9.17) is 19.3 Å². The molecule has 0 bridgehead atoms. The number of carbonyl (C=O) groups is 2. The van der Waals surface area contributed by atoms with Crippen LogP contribution in [0.1, 0.15) is 156 Å². The Morgan fingerprint density at radius 3 is 1.96 bits per heavy atom. The van der Waals surface area contributed by atoms with Gasteiger partial charge in [0.05, 0.1) is 12.7 Å². The van der Waals surface area contributed by atoms with Crippen molar-refractivity contribution in [2.75, 3.05) is 13.2 Å². The van der Waals surface area contributed by atoms with Crippen molar-refractivity contribution in [2.24, 2.45) is 5.92 Å². The lowest BCUT2D eigenvalue weighted by Gasteiger charge is -2.18. The van der Waals surface area contributed by atoms with Crippen molar-refractivity contribution >= 4 is 19.8 Å².